The number of esters is 2. The molecule has 0 unspecified atom stereocenters. The van der Waals surface area contributed by atoms with E-state index in [2.05, 4.69) is 0 Å². The van der Waals surface area contributed by atoms with Crippen LogP contribution >= 0.6 is 0 Å². The first-order valence-corrected chi connectivity index (χ1v) is 10.0. The molecule has 0 amide bonds. The van der Waals surface area contributed by atoms with Crippen LogP contribution in [0.1, 0.15) is 49.9 Å². The number of rotatable bonds is 12. The number of fused-ring (bicyclic) bond motifs is 1. The fourth-order valence-electron chi connectivity index (χ4n) is 3.15. The Bertz CT molecular complexity index is 811. The molecule has 0 saturated carbocycles. The number of carbonyl (C=O) groups excluding carboxylic acids is 3. The molecular weight excluding hydrogens is 372 g/mol. The van der Waals surface area contributed by atoms with Crippen molar-refractivity contribution >= 4 is 29.0 Å². The zero-order valence-electron chi connectivity index (χ0n) is 17.0. The Hall–Kier alpha value is -2.89. The maximum absolute atomic E-state index is 12.0. The number of unbranched alkanes of at least 4 members (excludes halogenated alkanes) is 2. The quantitative estimate of drug-likeness (QED) is 0.228. The molecule has 0 aliphatic carbocycles. The van der Waals surface area contributed by atoms with Crippen molar-refractivity contribution in [2.75, 3.05) is 19.8 Å². The lowest BCUT2D eigenvalue weighted by Gasteiger charge is -2.14. The van der Waals surface area contributed by atoms with Crippen molar-refractivity contribution in [3.8, 4) is 5.75 Å². The summed E-state index contributed by atoms with van der Waals surface area (Å²) in [7, 11) is 0. The monoisotopic (exact) mass is 400 g/mol. The van der Waals surface area contributed by atoms with Gasteiger partial charge in [-0.05, 0) is 44.2 Å². The number of carbonyl (C=O) groups is 3. The molecular formula is C23H28O6. The predicted octanol–water partition coefficient (Wildman–Crippen LogP) is 4.33. The van der Waals surface area contributed by atoms with E-state index >= 15 is 0 Å². The Labute approximate surface area is 171 Å². The van der Waals surface area contributed by atoms with Gasteiger partial charge in [0.05, 0.1) is 19.8 Å². The molecule has 0 fully saturated rings. The fourth-order valence-corrected chi connectivity index (χ4v) is 3.15. The highest BCUT2D eigenvalue weighted by Gasteiger charge is 2.28. The zero-order chi connectivity index (χ0) is 21.1. The average Bonchev–Trinajstić information content (AvgIpc) is 2.73. The van der Waals surface area contributed by atoms with Gasteiger partial charge in [-0.25, -0.2) is 0 Å². The second kappa shape index (κ2) is 11.8. The summed E-state index contributed by atoms with van der Waals surface area (Å²) in [6.45, 7) is 4.40. The SMILES string of the molecule is CCOC(=O)C(CCCCCOc1ccc(C=O)c2ccccc12)C(=O)OCC. The molecule has 0 heterocycles. The lowest BCUT2D eigenvalue weighted by Crippen LogP contribution is -2.28. The van der Waals surface area contributed by atoms with Crippen molar-refractivity contribution < 1.29 is 28.6 Å². The molecule has 156 valence electrons. The lowest BCUT2D eigenvalue weighted by atomic mass is 10.0. The minimum absolute atomic E-state index is 0.236. The first kappa shape index (κ1) is 22.4. The summed E-state index contributed by atoms with van der Waals surface area (Å²) in [6.07, 6.45) is 3.52. The normalized spacial score (nSPS) is 10.7. The van der Waals surface area contributed by atoms with Crippen LogP contribution in [-0.4, -0.2) is 38.0 Å². The van der Waals surface area contributed by atoms with E-state index in [1.54, 1.807) is 19.9 Å². The van der Waals surface area contributed by atoms with Gasteiger partial charge < -0.3 is 14.2 Å². The van der Waals surface area contributed by atoms with Crippen LogP contribution in [0.2, 0.25) is 0 Å². The van der Waals surface area contributed by atoms with Crippen LogP contribution in [0.15, 0.2) is 36.4 Å². The molecule has 6 heteroatoms. The van der Waals surface area contributed by atoms with E-state index in [0.29, 0.717) is 25.0 Å². The summed E-state index contributed by atoms with van der Waals surface area (Å²) in [6, 6.07) is 11.2. The average molecular weight is 400 g/mol. The summed E-state index contributed by atoms with van der Waals surface area (Å²) in [5.41, 5.74) is 0.636. The van der Waals surface area contributed by atoms with Gasteiger partial charge >= 0.3 is 11.9 Å². The molecule has 0 N–H and O–H groups in total. The van der Waals surface area contributed by atoms with Crippen molar-refractivity contribution in [3.63, 3.8) is 0 Å². The Kier molecular flexibility index (Phi) is 9.15. The highest BCUT2D eigenvalue weighted by atomic mass is 16.6. The summed E-state index contributed by atoms with van der Waals surface area (Å²) < 4.78 is 15.9. The van der Waals surface area contributed by atoms with Gasteiger partial charge in [-0.1, -0.05) is 37.1 Å². The van der Waals surface area contributed by atoms with Gasteiger partial charge in [0.25, 0.3) is 0 Å². The lowest BCUT2D eigenvalue weighted by molar-refractivity contribution is -0.161. The zero-order valence-corrected chi connectivity index (χ0v) is 17.0. The third kappa shape index (κ3) is 6.31. The van der Waals surface area contributed by atoms with Gasteiger partial charge in [0.15, 0.2) is 12.2 Å². The number of aldehydes is 1. The van der Waals surface area contributed by atoms with Crippen molar-refractivity contribution in [3.05, 3.63) is 42.0 Å². The second-order valence-corrected chi connectivity index (χ2v) is 6.57. The third-order valence-electron chi connectivity index (χ3n) is 4.58. The summed E-state index contributed by atoms with van der Waals surface area (Å²) in [5, 5.41) is 1.77. The maximum Gasteiger partial charge on any atom is 0.320 e. The van der Waals surface area contributed by atoms with Crippen LogP contribution < -0.4 is 4.74 Å². The Balaban J connectivity index is 1.83. The Morgan fingerprint density at radius 3 is 2.17 bits per heavy atom. The van der Waals surface area contributed by atoms with Crippen LogP contribution in [0.3, 0.4) is 0 Å². The summed E-state index contributed by atoms with van der Waals surface area (Å²) in [5.74, 6) is -1.18. The molecule has 0 aliphatic rings. The van der Waals surface area contributed by atoms with Crippen molar-refractivity contribution in [1.29, 1.82) is 0 Å². The highest BCUT2D eigenvalue weighted by Crippen LogP contribution is 2.28. The van der Waals surface area contributed by atoms with Crippen LogP contribution in [-0.2, 0) is 19.1 Å². The molecule has 6 nitrogen and oxygen atoms in total. The number of hydrogen-bond acceptors (Lipinski definition) is 6. The predicted molar refractivity (Wildman–Crippen MR) is 110 cm³/mol. The Morgan fingerprint density at radius 1 is 0.897 bits per heavy atom. The van der Waals surface area contributed by atoms with E-state index in [0.717, 1.165) is 35.6 Å². The molecule has 0 radical (unpaired) electrons. The first-order chi connectivity index (χ1) is 14.1. The van der Waals surface area contributed by atoms with Gasteiger partial charge in [0.2, 0.25) is 0 Å². The third-order valence-corrected chi connectivity index (χ3v) is 4.58. The van der Waals surface area contributed by atoms with E-state index < -0.39 is 17.9 Å². The molecule has 2 aromatic carbocycles. The van der Waals surface area contributed by atoms with E-state index in [1.807, 2.05) is 30.3 Å². The number of hydrogen-bond donors (Lipinski definition) is 0. The number of benzene rings is 2. The Morgan fingerprint density at radius 2 is 1.55 bits per heavy atom. The molecule has 0 atom stereocenters. The molecule has 0 spiro atoms. The van der Waals surface area contributed by atoms with Crippen molar-refractivity contribution in [2.45, 2.75) is 39.5 Å². The fraction of sp³-hybridized carbons (Fsp3) is 0.435. The van der Waals surface area contributed by atoms with E-state index in [1.165, 1.54) is 0 Å². The highest BCUT2D eigenvalue weighted by molar-refractivity contribution is 6.00. The number of ether oxygens (including phenoxy) is 3. The van der Waals surface area contributed by atoms with E-state index in [9.17, 15) is 14.4 Å². The van der Waals surface area contributed by atoms with Crippen molar-refractivity contribution in [2.24, 2.45) is 5.92 Å². The van der Waals surface area contributed by atoms with E-state index in [-0.39, 0.29) is 13.2 Å². The molecule has 0 saturated heterocycles. The van der Waals surface area contributed by atoms with Gasteiger partial charge in [-0.3, -0.25) is 14.4 Å². The smallest absolute Gasteiger partial charge is 0.320 e. The van der Waals surface area contributed by atoms with Gasteiger partial charge in [0, 0.05) is 10.9 Å². The van der Waals surface area contributed by atoms with Gasteiger partial charge in [0.1, 0.15) is 5.75 Å². The largest absolute Gasteiger partial charge is 0.493 e. The molecule has 2 rings (SSSR count). The standard InChI is InChI=1S/C23H28O6/c1-3-27-22(25)20(23(26)28-4-2)12-6-5-9-15-29-21-14-13-17(16-24)18-10-7-8-11-19(18)21/h7-8,10-11,13-14,16,20H,3-6,9,12,15H2,1-2H3. The van der Waals surface area contributed by atoms with Crippen LogP contribution in [0, 0.1) is 5.92 Å². The minimum atomic E-state index is -0.865. The topological polar surface area (TPSA) is 78.9 Å². The van der Waals surface area contributed by atoms with Crippen LogP contribution in [0.4, 0.5) is 0 Å². The maximum atomic E-state index is 12.0. The summed E-state index contributed by atoms with van der Waals surface area (Å²) in [4.78, 5) is 35.1. The van der Waals surface area contributed by atoms with E-state index in [4.69, 9.17) is 14.2 Å². The molecule has 0 bridgehead atoms. The van der Waals surface area contributed by atoms with Gasteiger partial charge in [-0.2, -0.15) is 0 Å². The molecule has 29 heavy (non-hydrogen) atoms. The molecule has 2 aromatic rings. The van der Waals surface area contributed by atoms with Crippen LogP contribution in [0.25, 0.3) is 10.8 Å². The van der Waals surface area contributed by atoms with Gasteiger partial charge in [-0.15, -0.1) is 0 Å². The second-order valence-electron chi connectivity index (χ2n) is 6.57. The molecule has 0 aliphatic heterocycles. The minimum Gasteiger partial charge on any atom is -0.493 e. The van der Waals surface area contributed by atoms with Crippen molar-refractivity contribution in [1.82, 2.24) is 0 Å². The van der Waals surface area contributed by atoms with Crippen LogP contribution in [0.5, 0.6) is 5.75 Å². The summed E-state index contributed by atoms with van der Waals surface area (Å²) >= 11 is 0. The molecule has 0 aromatic heterocycles. The first-order valence-electron chi connectivity index (χ1n) is 10.0.